The molecule has 5 nitrogen and oxygen atoms in total. The van der Waals surface area contributed by atoms with Crippen molar-refractivity contribution in [2.75, 3.05) is 5.33 Å². The van der Waals surface area contributed by atoms with E-state index in [4.69, 9.17) is 0 Å². The van der Waals surface area contributed by atoms with Gasteiger partial charge in [-0.05, 0) is 18.9 Å². The molecule has 2 rings (SSSR count). The Bertz CT molecular complexity index is 491. The molecule has 0 saturated heterocycles. The number of nitrogens with one attached hydrogen (secondary N) is 1. The van der Waals surface area contributed by atoms with E-state index < -0.39 is 10.0 Å². The normalized spacial score (nSPS) is 19.6. The molecule has 1 heterocycles. The number of sulfonamides is 1. The van der Waals surface area contributed by atoms with Crippen LogP contribution in [0.25, 0.3) is 0 Å². The van der Waals surface area contributed by atoms with Gasteiger partial charge in [-0.15, -0.1) is 0 Å². The first-order chi connectivity index (χ1) is 7.99. The molecule has 17 heavy (non-hydrogen) atoms. The lowest BCUT2D eigenvalue weighted by atomic mass is 10.0. The zero-order chi connectivity index (χ0) is 12.5. The summed E-state index contributed by atoms with van der Waals surface area (Å²) in [5.74, 6) is 0. The summed E-state index contributed by atoms with van der Waals surface area (Å²) in [7, 11) is -1.85. The first-order valence-electron chi connectivity index (χ1n) is 5.57. The van der Waals surface area contributed by atoms with Crippen molar-refractivity contribution in [2.24, 2.45) is 7.05 Å². The van der Waals surface area contributed by atoms with Gasteiger partial charge in [0, 0.05) is 17.9 Å². The van der Waals surface area contributed by atoms with Crippen LogP contribution in [-0.2, 0) is 17.1 Å². The molecule has 0 bridgehead atoms. The van der Waals surface area contributed by atoms with Crippen LogP contribution in [0.1, 0.15) is 25.7 Å². The average molecular weight is 322 g/mol. The molecule has 1 aromatic heterocycles. The first kappa shape index (κ1) is 13.0. The van der Waals surface area contributed by atoms with E-state index in [0.29, 0.717) is 5.33 Å². The number of aromatic nitrogens is 2. The predicted octanol–water partition coefficient (Wildman–Crippen LogP) is 1.41. The molecule has 0 spiro atoms. The summed E-state index contributed by atoms with van der Waals surface area (Å²) in [5, 5.41) is 4.75. The van der Waals surface area contributed by atoms with E-state index in [-0.39, 0.29) is 10.6 Å². The summed E-state index contributed by atoms with van der Waals surface area (Å²) < 4.78 is 28.7. The lowest BCUT2D eigenvalue weighted by Crippen LogP contribution is -2.48. The third-order valence-corrected chi connectivity index (χ3v) is 5.94. The molecule has 1 aliphatic carbocycles. The van der Waals surface area contributed by atoms with Crippen molar-refractivity contribution in [1.29, 1.82) is 0 Å². The smallest absolute Gasteiger partial charge is 0.256 e. The molecule has 0 unspecified atom stereocenters. The van der Waals surface area contributed by atoms with Crippen LogP contribution in [0.5, 0.6) is 0 Å². The fraction of sp³-hybridized carbons (Fsp3) is 0.700. The van der Waals surface area contributed by atoms with Gasteiger partial charge in [-0.3, -0.25) is 4.68 Å². The lowest BCUT2D eigenvalue weighted by molar-refractivity contribution is 0.434. The van der Waals surface area contributed by atoms with Gasteiger partial charge in [-0.2, -0.15) is 5.10 Å². The van der Waals surface area contributed by atoms with E-state index in [1.54, 1.807) is 7.05 Å². The topological polar surface area (TPSA) is 64.0 Å². The van der Waals surface area contributed by atoms with Crippen LogP contribution in [0.2, 0.25) is 0 Å². The number of nitrogens with zero attached hydrogens (tertiary/aromatic N) is 2. The highest BCUT2D eigenvalue weighted by atomic mass is 79.9. The number of hydrogen-bond acceptors (Lipinski definition) is 3. The Morgan fingerprint density at radius 2 is 2.18 bits per heavy atom. The first-order valence-corrected chi connectivity index (χ1v) is 8.18. The molecular formula is C10H16BrN3O2S. The second kappa shape index (κ2) is 4.70. The Balaban J connectivity index is 2.26. The van der Waals surface area contributed by atoms with E-state index in [0.717, 1.165) is 25.7 Å². The number of aryl methyl sites for hydroxylation is 1. The minimum atomic E-state index is -3.48. The van der Waals surface area contributed by atoms with Gasteiger partial charge < -0.3 is 0 Å². The summed E-state index contributed by atoms with van der Waals surface area (Å²) in [6.07, 6.45) is 5.40. The van der Waals surface area contributed by atoms with Crippen LogP contribution < -0.4 is 4.72 Å². The van der Waals surface area contributed by atoms with Gasteiger partial charge >= 0.3 is 0 Å². The fourth-order valence-electron chi connectivity index (χ4n) is 2.28. The molecule has 1 saturated carbocycles. The Hall–Kier alpha value is -0.400. The van der Waals surface area contributed by atoms with Gasteiger partial charge in [-0.1, -0.05) is 28.8 Å². The van der Waals surface area contributed by atoms with Gasteiger partial charge in [0.2, 0.25) is 0 Å². The van der Waals surface area contributed by atoms with Crippen molar-refractivity contribution in [1.82, 2.24) is 14.5 Å². The van der Waals surface area contributed by atoms with Gasteiger partial charge in [0.25, 0.3) is 10.0 Å². The molecule has 7 heteroatoms. The molecular weight excluding hydrogens is 306 g/mol. The molecule has 1 fully saturated rings. The van der Waals surface area contributed by atoms with Crippen molar-refractivity contribution in [3.8, 4) is 0 Å². The second-order valence-electron chi connectivity index (χ2n) is 4.52. The van der Waals surface area contributed by atoms with Crippen molar-refractivity contribution in [3.05, 3.63) is 12.3 Å². The molecule has 0 aliphatic heterocycles. The van der Waals surface area contributed by atoms with Crippen molar-refractivity contribution >= 4 is 26.0 Å². The van der Waals surface area contributed by atoms with E-state index in [9.17, 15) is 8.42 Å². The Morgan fingerprint density at radius 1 is 1.53 bits per heavy atom. The van der Waals surface area contributed by atoms with Crippen LogP contribution in [0.3, 0.4) is 0 Å². The molecule has 0 atom stereocenters. The molecule has 1 aromatic rings. The highest BCUT2D eigenvalue weighted by Crippen LogP contribution is 2.32. The van der Waals surface area contributed by atoms with Gasteiger partial charge in [0.1, 0.15) is 0 Å². The van der Waals surface area contributed by atoms with Crippen molar-refractivity contribution in [3.63, 3.8) is 0 Å². The van der Waals surface area contributed by atoms with Gasteiger partial charge in [0.05, 0.1) is 6.20 Å². The summed E-state index contributed by atoms with van der Waals surface area (Å²) in [5.41, 5.74) is -0.330. The molecule has 0 aromatic carbocycles. The van der Waals surface area contributed by atoms with E-state index >= 15 is 0 Å². The highest BCUT2D eigenvalue weighted by molar-refractivity contribution is 9.09. The fourth-order valence-corrected chi connectivity index (χ4v) is 4.75. The SMILES string of the molecule is Cn1nccc1S(=O)(=O)NC1(CBr)CCCC1. The van der Waals surface area contributed by atoms with Crippen LogP contribution in [0.4, 0.5) is 0 Å². The average Bonchev–Trinajstić information content (AvgIpc) is 2.87. The van der Waals surface area contributed by atoms with Gasteiger partial charge in [-0.25, -0.2) is 13.1 Å². The Labute approximate surface area is 110 Å². The summed E-state index contributed by atoms with van der Waals surface area (Å²) >= 11 is 3.42. The Kier molecular flexibility index (Phi) is 3.61. The van der Waals surface area contributed by atoms with Crippen LogP contribution in [0.15, 0.2) is 17.3 Å². The number of halogens is 1. The van der Waals surface area contributed by atoms with Crippen LogP contribution >= 0.6 is 15.9 Å². The second-order valence-corrected chi connectivity index (χ2v) is 6.71. The van der Waals surface area contributed by atoms with E-state index in [1.807, 2.05) is 0 Å². The number of hydrogen-bond donors (Lipinski definition) is 1. The zero-order valence-corrected chi connectivity index (χ0v) is 12.1. The van der Waals surface area contributed by atoms with E-state index in [1.165, 1.54) is 16.9 Å². The minimum Gasteiger partial charge on any atom is -0.256 e. The zero-order valence-electron chi connectivity index (χ0n) is 9.69. The largest absolute Gasteiger partial charge is 0.258 e. The van der Waals surface area contributed by atoms with Crippen molar-refractivity contribution < 1.29 is 8.42 Å². The third-order valence-electron chi connectivity index (χ3n) is 3.22. The third kappa shape index (κ3) is 2.56. The standard InChI is InChI=1S/C10H16BrN3O2S/c1-14-9(4-7-12-14)17(15,16)13-10(8-11)5-2-3-6-10/h4,7,13H,2-3,5-6,8H2,1H3. The maximum absolute atomic E-state index is 12.2. The maximum atomic E-state index is 12.2. The van der Waals surface area contributed by atoms with E-state index in [2.05, 4.69) is 25.8 Å². The molecule has 1 aliphatic rings. The molecule has 0 radical (unpaired) electrons. The quantitative estimate of drug-likeness (QED) is 0.853. The monoisotopic (exact) mass is 321 g/mol. The Morgan fingerprint density at radius 3 is 2.65 bits per heavy atom. The molecule has 96 valence electrons. The van der Waals surface area contributed by atoms with Crippen molar-refractivity contribution in [2.45, 2.75) is 36.2 Å². The van der Waals surface area contributed by atoms with Crippen LogP contribution in [-0.4, -0.2) is 29.1 Å². The summed E-state index contributed by atoms with van der Waals surface area (Å²) in [4.78, 5) is 0. The highest BCUT2D eigenvalue weighted by Gasteiger charge is 2.37. The lowest BCUT2D eigenvalue weighted by Gasteiger charge is -2.27. The van der Waals surface area contributed by atoms with Gasteiger partial charge in [0.15, 0.2) is 5.03 Å². The number of rotatable bonds is 4. The summed E-state index contributed by atoms with van der Waals surface area (Å²) in [6.45, 7) is 0. The number of alkyl halides is 1. The minimum absolute atomic E-state index is 0.213. The molecule has 1 N–H and O–H groups in total. The van der Waals surface area contributed by atoms with Crippen LogP contribution in [0, 0.1) is 0 Å². The molecule has 0 amide bonds. The predicted molar refractivity (Wildman–Crippen MR) is 68.5 cm³/mol. The maximum Gasteiger partial charge on any atom is 0.258 e. The summed E-state index contributed by atoms with van der Waals surface area (Å²) in [6, 6.07) is 1.51.